The maximum absolute atomic E-state index is 6.34. The fourth-order valence-electron chi connectivity index (χ4n) is 4.20. The Bertz CT molecular complexity index is 672. The molecule has 0 bridgehead atoms. The van der Waals surface area contributed by atoms with Crippen molar-refractivity contribution in [3.05, 3.63) is 41.4 Å². The number of aromatic nitrogens is 3. The zero-order valence-electron chi connectivity index (χ0n) is 13.1. The number of hydrogen-bond acceptors (Lipinski definition) is 4. The monoisotopic (exact) mass is 331 g/mol. The van der Waals surface area contributed by atoms with Crippen LogP contribution in [0.1, 0.15) is 24.8 Å². The molecule has 1 saturated heterocycles. The van der Waals surface area contributed by atoms with Crippen molar-refractivity contribution in [2.75, 3.05) is 13.1 Å². The van der Waals surface area contributed by atoms with Crippen LogP contribution >= 0.6 is 11.6 Å². The lowest BCUT2D eigenvalue weighted by Crippen LogP contribution is -2.38. The molecule has 1 aromatic heterocycles. The van der Waals surface area contributed by atoms with Gasteiger partial charge in [0, 0.05) is 30.7 Å². The lowest BCUT2D eigenvalue weighted by Gasteiger charge is -2.29. The van der Waals surface area contributed by atoms with Crippen LogP contribution in [-0.2, 0) is 6.54 Å². The molecule has 3 unspecified atom stereocenters. The van der Waals surface area contributed by atoms with E-state index in [-0.39, 0.29) is 0 Å². The van der Waals surface area contributed by atoms with Crippen LogP contribution in [0.25, 0.3) is 5.69 Å². The topological polar surface area (TPSA) is 60.0 Å². The highest BCUT2D eigenvalue weighted by Gasteiger charge is 2.38. The molecule has 5 nitrogen and oxygen atoms in total. The second-order valence-corrected chi connectivity index (χ2v) is 7.26. The Morgan fingerprint density at radius 1 is 1.26 bits per heavy atom. The van der Waals surface area contributed by atoms with Gasteiger partial charge in [0.05, 0.1) is 5.69 Å². The number of nitrogens with two attached hydrogens (primary N) is 1. The first-order valence-corrected chi connectivity index (χ1v) is 8.70. The van der Waals surface area contributed by atoms with Crippen LogP contribution in [0.15, 0.2) is 30.9 Å². The summed E-state index contributed by atoms with van der Waals surface area (Å²) in [4.78, 5) is 6.58. The van der Waals surface area contributed by atoms with Gasteiger partial charge in [-0.3, -0.25) is 4.90 Å². The number of benzene rings is 1. The molecule has 4 rings (SSSR count). The maximum atomic E-state index is 6.34. The van der Waals surface area contributed by atoms with Crippen LogP contribution in [0.4, 0.5) is 0 Å². The summed E-state index contributed by atoms with van der Waals surface area (Å²) in [6.07, 6.45) is 7.05. The third-order valence-electron chi connectivity index (χ3n) is 5.34. The van der Waals surface area contributed by atoms with E-state index in [4.69, 9.17) is 17.3 Å². The first-order chi connectivity index (χ1) is 11.2. The molecule has 1 aromatic carbocycles. The van der Waals surface area contributed by atoms with Gasteiger partial charge in [0.15, 0.2) is 0 Å². The predicted molar refractivity (Wildman–Crippen MR) is 90.5 cm³/mol. The largest absolute Gasteiger partial charge is 0.327 e. The molecule has 2 aliphatic rings. The van der Waals surface area contributed by atoms with Gasteiger partial charge in [-0.1, -0.05) is 24.1 Å². The number of rotatable bonds is 3. The van der Waals surface area contributed by atoms with E-state index in [0.717, 1.165) is 36.3 Å². The van der Waals surface area contributed by atoms with Gasteiger partial charge in [-0.15, -0.1) is 0 Å². The molecule has 2 N–H and O–H groups in total. The highest BCUT2D eigenvalue weighted by atomic mass is 35.5. The molecule has 2 heterocycles. The quantitative estimate of drug-likeness (QED) is 0.938. The molecular formula is C17H22ClN5. The summed E-state index contributed by atoms with van der Waals surface area (Å²) in [5, 5.41) is 4.97. The lowest BCUT2D eigenvalue weighted by atomic mass is 9.78. The maximum Gasteiger partial charge on any atom is 0.138 e. The van der Waals surface area contributed by atoms with Gasteiger partial charge in [0.1, 0.15) is 12.7 Å². The van der Waals surface area contributed by atoms with Gasteiger partial charge < -0.3 is 5.73 Å². The molecule has 0 radical (unpaired) electrons. The molecular weight excluding hydrogens is 310 g/mol. The summed E-state index contributed by atoms with van der Waals surface area (Å²) in [6, 6.07) is 6.38. The number of hydrogen-bond donors (Lipinski definition) is 1. The van der Waals surface area contributed by atoms with Crippen molar-refractivity contribution in [2.45, 2.75) is 31.8 Å². The number of halogens is 1. The molecule has 3 atom stereocenters. The molecule has 122 valence electrons. The molecule has 2 aromatic rings. The summed E-state index contributed by atoms with van der Waals surface area (Å²) in [5.74, 6) is 1.42. The fourth-order valence-corrected chi connectivity index (χ4v) is 4.36. The first kappa shape index (κ1) is 15.1. The van der Waals surface area contributed by atoms with E-state index in [1.54, 1.807) is 17.3 Å². The highest BCUT2D eigenvalue weighted by molar-refractivity contribution is 6.30. The Morgan fingerprint density at radius 3 is 2.96 bits per heavy atom. The van der Waals surface area contributed by atoms with Crippen molar-refractivity contribution in [1.29, 1.82) is 0 Å². The molecule has 1 aliphatic carbocycles. The highest BCUT2D eigenvalue weighted by Crippen LogP contribution is 2.36. The van der Waals surface area contributed by atoms with E-state index < -0.39 is 0 Å². The number of nitrogens with zero attached hydrogens (tertiary/aromatic N) is 4. The van der Waals surface area contributed by atoms with Crippen LogP contribution < -0.4 is 5.73 Å². The van der Waals surface area contributed by atoms with E-state index in [1.807, 2.05) is 12.1 Å². The van der Waals surface area contributed by atoms with Crippen LogP contribution in [0.5, 0.6) is 0 Å². The Morgan fingerprint density at radius 2 is 2.17 bits per heavy atom. The summed E-state index contributed by atoms with van der Waals surface area (Å²) in [6.45, 7) is 3.16. The minimum absolute atomic E-state index is 0.374. The van der Waals surface area contributed by atoms with Crippen LogP contribution in [0.2, 0.25) is 5.02 Å². The van der Waals surface area contributed by atoms with E-state index in [9.17, 15) is 0 Å². The Balaban J connectivity index is 1.56. The van der Waals surface area contributed by atoms with Gasteiger partial charge in [-0.25, -0.2) is 9.67 Å². The van der Waals surface area contributed by atoms with Crippen LogP contribution in [0.3, 0.4) is 0 Å². The van der Waals surface area contributed by atoms with E-state index in [1.165, 1.54) is 24.8 Å². The van der Waals surface area contributed by atoms with Crippen LogP contribution in [0, 0.1) is 11.8 Å². The summed E-state index contributed by atoms with van der Waals surface area (Å²) in [5.41, 5.74) is 8.57. The van der Waals surface area contributed by atoms with Gasteiger partial charge >= 0.3 is 0 Å². The summed E-state index contributed by atoms with van der Waals surface area (Å²) < 4.78 is 1.79. The normalized spacial score (nSPS) is 28.0. The minimum Gasteiger partial charge on any atom is -0.327 e. The smallest absolute Gasteiger partial charge is 0.138 e. The zero-order chi connectivity index (χ0) is 15.8. The van der Waals surface area contributed by atoms with E-state index >= 15 is 0 Å². The number of fused-ring (bicyclic) bond motifs is 1. The van der Waals surface area contributed by atoms with Crippen molar-refractivity contribution in [1.82, 2.24) is 19.7 Å². The van der Waals surface area contributed by atoms with Crippen molar-refractivity contribution < 1.29 is 0 Å². The average molecular weight is 332 g/mol. The SMILES string of the molecule is NC1CCCC2CN(Cc3ccc(Cl)cc3-n3cncn3)CC12. The molecule has 1 aliphatic heterocycles. The van der Waals surface area contributed by atoms with Crippen LogP contribution in [-0.4, -0.2) is 38.8 Å². The van der Waals surface area contributed by atoms with E-state index in [2.05, 4.69) is 21.0 Å². The second kappa shape index (κ2) is 6.23. The third kappa shape index (κ3) is 3.01. The average Bonchev–Trinajstić information content (AvgIpc) is 3.19. The predicted octanol–water partition coefficient (Wildman–Crippen LogP) is 2.48. The molecule has 23 heavy (non-hydrogen) atoms. The lowest BCUT2D eigenvalue weighted by molar-refractivity contribution is 0.259. The third-order valence-corrected chi connectivity index (χ3v) is 5.57. The first-order valence-electron chi connectivity index (χ1n) is 8.32. The van der Waals surface area contributed by atoms with Gasteiger partial charge in [0.2, 0.25) is 0 Å². The summed E-state index contributed by atoms with van der Waals surface area (Å²) >= 11 is 6.18. The fraction of sp³-hybridized carbons (Fsp3) is 0.529. The number of likely N-dealkylation sites (tertiary alicyclic amines) is 1. The standard InChI is InChI=1S/C17H22ClN5/c18-14-5-4-13(17(6-14)23-11-20-10-21-23)8-22-7-12-2-1-3-16(19)15(12)9-22/h4-6,10-12,15-16H,1-3,7-9,19H2. The van der Waals surface area contributed by atoms with E-state index in [0.29, 0.717) is 12.0 Å². The summed E-state index contributed by atoms with van der Waals surface area (Å²) in [7, 11) is 0. The molecule has 0 amide bonds. The van der Waals surface area contributed by atoms with Gasteiger partial charge in [-0.2, -0.15) is 5.10 Å². The Kier molecular flexibility index (Phi) is 4.09. The van der Waals surface area contributed by atoms with Crippen molar-refractivity contribution in [3.8, 4) is 5.69 Å². The van der Waals surface area contributed by atoms with Crippen molar-refractivity contribution in [2.24, 2.45) is 17.6 Å². The molecule has 1 saturated carbocycles. The van der Waals surface area contributed by atoms with Crippen molar-refractivity contribution >= 4 is 11.6 Å². The van der Waals surface area contributed by atoms with Gasteiger partial charge in [-0.05, 0) is 42.4 Å². The molecule has 6 heteroatoms. The van der Waals surface area contributed by atoms with Crippen molar-refractivity contribution in [3.63, 3.8) is 0 Å². The van der Waals surface area contributed by atoms with Gasteiger partial charge in [0.25, 0.3) is 0 Å². The second-order valence-electron chi connectivity index (χ2n) is 6.83. The molecule has 0 spiro atoms. The minimum atomic E-state index is 0.374. The molecule has 2 fully saturated rings. The Labute approximate surface area is 141 Å². The Hall–Kier alpha value is -1.43. The zero-order valence-corrected chi connectivity index (χ0v) is 13.9.